The van der Waals surface area contributed by atoms with E-state index >= 15 is 0 Å². The molecule has 0 amide bonds. The molecule has 0 radical (unpaired) electrons. The number of carbonyl (C=O) groups is 1. The number of allylic oxidation sites excluding steroid dienone is 2. The molecule has 0 atom stereocenters. The Hall–Kier alpha value is -1.97. The number of azide groups is 2. The van der Waals surface area contributed by atoms with E-state index in [-0.39, 0.29) is 106 Å². The monoisotopic (exact) mass is 546 g/mol. The molecule has 2 aromatic rings. The van der Waals surface area contributed by atoms with Gasteiger partial charge in [-0.1, -0.05) is 34.5 Å². The number of Topliss-reactive ketones (excluding diaryl/α,β-unsaturated/α-hetero) is 1. The average Bonchev–Trinajstić information content (AvgIpc) is 3.08. The van der Waals surface area contributed by atoms with Gasteiger partial charge in [0.2, 0.25) is 0 Å². The van der Waals surface area contributed by atoms with Gasteiger partial charge in [0.25, 0.3) is 0 Å². The van der Waals surface area contributed by atoms with Gasteiger partial charge in [-0.25, -0.2) is 16.8 Å². The molecule has 0 bridgehead atoms. The van der Waals surface area contributed by atoms with Gasteiger partial charge >= 0.3 is 59.1 Å². The Morgan fingerprint density at radius 3 is 1.42 bits per heavy atom. The van der Waals surface area contributed by atoms with Crippen molar-refractivity contribution in [2.24, 2.45) is 10.2 Å². The number of carbonyl (C=O) groups excluding carboxylic acids is 1. The minimum atomic E-state index is -4.97. The molecule has 1 saturated carbocycles. The fourth-order valence-electron chi connectivity index (χ4n) is 3.30. The van der Waals surface area contributed by atoms with E-state index < -0.39 is 35.8 Å². The zero-order valence-electron chi connectivity index (χ0n) is 18.9. The van der Waals surface area contributed by atoms with Gasteiger partial charge < -0.3 is 9.11 Å². The minimum Gasteiger partial charge on any atom is -0.744 e. The number of ketones is 1. The normalized spacial score (nSPS) is 15.4. The van der Waals surface area contributed by atoms with Crippen LogP contribution in [-0.2, 0) is 25.0 Å². The van der Waals surface area contributed by atoms with E-state index in [0.717, 1.165) is 12.1 Å². The number of rotatable bonds is 6. The third kappa shape index (κ3) is 7.76. The van der Waals surface area contributed by atoms with E-state index in [0.29, 0.717) is 0 Å². The summed E-state index contributed by atoms with van der Waals surface area (Å²) in [5.74, 6) is -0.540. The second-order valence-electron chi connectivity index (χ2n) is 6.90. The first kappa shape index (κ1) is 32.1. The largest absolute Gasteiger partial charge is 1.00 e. The summed E-state index contributed by atoms with van der Waals surface area (Å²) in [5.41, 5.74) is 16.9. The Bertz CT molecular complexity index is 1470. The van der Waals surface area contributed by atoms with Crippen LogP contribution in [0.1, 0.15) is 24.0 Å². The van der Waals surface area contributed by atoms with E-state index in [2.05, 4.69) is 20.1 Å². The van der Waals surface area contributed by atoms with Crippen LogP contribution in [0.2, 0.25) is 0 Å². The first-order chi connectivity index (χ1) is 15.9. The summed E-state index contributed by atoms with van der Waals surface area (Å²) >= 11 is 0. The van der Waals surface area contributed by atoms with Crippen LogP contribution in [0.25, 0.3) is 33.0 Å². The number of benzene rings is 2. The van der Waals surface area contributed by atoms with Crippen molar-refractivity contribution < 1.29 is 89.9 Å². The van der Waals surface area contributed by atoms with Crippen LogP contribution in [-0.4, -0.2) is 31.7 Å². The summed E-state index contributed by atoms with van der Waals surface area (Å²) in [5, 5.41) is 6.51. The molecule has 0 aromatic heterocycles. The van der Waals surface area contributed by atoms with E-state index in [1.165, 1.54) is 36.4 Å². The number of hydrogen-bond donors (Lipinski definition) is 0. The van der Waals surface area contributed by atoms with E-state index in [4.69, 9.17) is 11.1 Å². The van der Waals surface area contributed by atoms with E-state index in [1.54, 1.807) is 0 Å². The molecule has 1 fully saturated rings. The maximum absolute atomic E-state index is 12.9. The first-order valence-corrected chi connectivity index (χ1v) is 12.0. The van der Waals surface area contributed by atoms with E-state index in [1.807, 2.05) is 0 Å². The molecule has 0 aliphatic heterocycles. The Morgan fingerprint density at radius 2 is 1.11 bits per heavy atom. The first-order valence-electron chi connectivity index (χ1n) is 9.20. The molecule has 1 aliphatic rings. The van der Waals surface area contributed by atoms with Crippen LogP contribution in [0.4, 0.5) is 11.4 Å². The predicted molar refractivity (Wildman–Crippen MR) is 117 cm³/mol. The Balaban J connectivity index is 0.00000324. The van der Waals surface area contributed by atoms with Gasteiger partial charge in [-0.15, -0.1) is 0 Å². The molecule has 17 heteroatoms. The van der Waals surface area contributed by atoms with Gasteiger partial charge in [0, 0.05) is 32.3 Å². The van der Waals surface area contributed by atoms with Crippen LogP contribution in [0, 0.1) is 0 Å². The van der Waals surface area contributed by atoms with Crippen molar-refractivity contribution in [1.82, 2.24) is 0 Å². The van der Waals surface area contributed by atoms with Crippen LogP contribution in [0.5, 0.6) is 0 Å². The van der Waals surface area contributed by atoms with E-state index in [9.17, 15) is 30.7 Å². The van der Waals surface area contributed by atoms with Crippen LogP contribution < -0.4 is 59.1 Å². The van der Waals surface area contributed by atoms with Crippen molar-refractivity contribution in [3.8, 4) is 0 Å². The van der Waals surface area contributed by atoms with Gasteiger partial charge in [0.15, 0.2) is 5.78 Å². The summed E-state index contributed by atoms with van der Waals surface area (Å²) in [7, 11) is -9.93. The quantitative estimate of drug-likeness (QED) is 0.101. The van der Waals surface area contributed by atoms with Crippen molar-refractivity contribution >= 4 is 49.5 Å². The van der Waals surface area contributed by atoms with Crippen molar-refractivity contribution in [2.45, 2.75) is 22.6 Å². The molecule has 0 spiro atoms. The second-order valence-corrected chi connectivity index (χ2v) is 9.60. The van der Waals surface area contributed by atoms with Gasteiger partial charge in [0.05, 0.1) is 9.79 Å². The molecule has 0 saturated heterocycles. The average molecular weight is 546 g/mol. The zero-order chi connectivity index (χ0) is 25.1. The Kier molecular flexibility index (Phi) is 11.6. The molecule has 0 unspecified atom stereocenters. The van der Waals surface area contributed by atoms with Crippen LogP contribution >= 0.6 is 0 Å². The van der Waals surface area contributed by atoms with Crippen molar-refractivity contribution in [3.63, 3.8) is 0 Å². The molecule has 13 nitrogen and oxygen atoms in total. The molecule has 3 rings (SSSR count). The van der Waals surface area contributed by atoms with Crippen molar-refractivity contribution in [1.29, 1.82) is 0 Å². The Labute approximate surface area is 249 Å². The van der Waals surface area contributed by atoms with Crippen LogP contribution in [0.3, 0.4) is 0 Å². The minimum absolute atomic E-state index is 0. The molecule has 0 heterocycles. The fraction of sp³-hybridized carbons (Fsp3) is 0.105. The predicted octanol–water partition coefficient (Wildman–Crippen LogP) is -1.78. The SMILES string of the molecule is [N-]=[N+]=Nc1ccc(/C=C2/CC/C(=C/c3ccc(N=[N+]=[N-])cc3S(=O)(=O)[O-])C2=O)c(S(=O)(=O)[O-])c1.[Na+].[Na+]. The third-order valence-electron chi connectivity index (χ3n) is 4.76. The fourth-order valence-corrected chi connectivity index (χ4v) is 4.66. The number of hydrogen-bond acceptors (Lipinski definition) is 9. The molecule has 174 valence electrons. The second kappa shape index (κ2) is 13.0. The van der Waals surface area contributed by atoms with Gasteiger partial charge in [0.1, 0.15) is 20.2 Å². The topological polar surface area (TPSA) is 229 Å². The van der Waals surface area contributed by atoms with Gasteiger partial charge in [-0.3, -0.25) is 4.79 Å². The molecule has 0 N–H and O–H groups in total. The van der Waals surface area contributed by atoms with Crippen molar-refractivity contribution in [2.75, 3.05) is 0 Å². The maximum atomic E-state index is 12.9. The zero-order valence-corrected chi connectivity index (χ0v) is 24.5. The van der Waals surface area contributed by atoms with Crippen LogP contribution in [0.15, 0.2) is 67.6 Å². The maximum Gasteiger partial charge on any atom is 1.00 e. The van der Waals surface area contributed by atoms with Gasteiger partial charge in [-0.2, -0.15) is 0 Å². The molecular weight excluding hydrogens is 534 g/mol. The summed E-state index contributed by atoms with van der Waals surface area (Å²) in [6.07, 6.45) is 2.72. The molecular formula is C19H12N6Na2O7S2. The summed E-state index contributed by atoms with van der Waals surface area (Å²) < 4.78 is 69.9. The standard InChI is InChI=1S/C19H14N6O7S2.2Na/c20-24-22-15-5-3-11(17(9-15)33(27,28)29)7-13-1-2-14(19(13)26)8-12-4-6-16(23-25-21)10-18(12)34(30,31)32;;/h3-10H,1-2H2,(H,27,28,29)(H,30,31,32);;/q;2*+1/p-2/b13-7-,14-8-;;. The molecule has 1 aliphatic carbocycles. The van der Waals surface area contributed by atoms with Crippen molar-refractivity contribution in [3.05, 3.63) is 79.6 Å². The number of nitrogens with zero attached hydrogens (tertiary/aromatic N) is 6. The summed E-state index contributed by atoms with van der Waals surface area (Å²) in [6, 6.07) is 6.75. The third-order valence-corrected chi connectivity index (χ3v) is 6.54. The molecule has 2 aromatic carbocycles. The molecule has 36 heavy (non-hydrogen) atoms. The Morgan fingerprint density at radius 1 is 0.750 bits per heavy atom. The smallest absolute Gasteiger partial charge is 0.744 e. The summed E-state index contributed by atoms with van der Waals surface area (Å²) in [4.78, 5) is 16.5. The van der Waals surface area contributed by atoms with Gasteiger partial charge in [-0.05, 0) is 59.3 Å². The summed E-state index contributed by atoms with van der Waals surface area (Å²) in [6.45, 7) is 0.